The Kier molecular flexibility index (Phi) is 5.06. The van der Waals surface area contributed by atoms with Crippen molar-refractivity contribution < 1.29 is 28.7 Å². The number of rotatable bonds is 5. The molecule has 1 aromatic rings. The molecule has 0 bridgehead atoms. The highest BCUT2D eigenvalue weighted by atomic mass is 19.1. The standard InChI is InChI=1S/C11H12F2N2O5/c1-5(16)14-4-9(17)11(18)7-2-6(12)3-8(13)10(7)15(19)20/h2-3,9,11,17-18H,4H2,1H3,(H,14,16). The third-order valence-electron chi connectivity index (χ3n) is 2.48. The molecule has 0 radical (unpaired) electrons. The molecule has 7 nitrogen and oxygen atoms in total. The molecule has 0 aliphatic rings. The monoisotopic (exact) mass is 290 g/mol. The van der Waals surface area contributed by atoms with Crippen LogP contribution >= 0.6 is 0 Å². The average molecular weight is 290 g/mol. The van der Waals surface area contributed by atoms with Crippen LogP contribution in [0.5, 0.6) is 0 Å². The zero-order valence-corrected chi connectivity index (χ0v) is 10.3. The van der Waals surface area contributed by atoms with Crippen molar-refractivity contribution in [2.45, 2.75) is 19.1 Å². The Morgan fingerprint density at radius 1 is 1.45 bits per heavy atom. The Hall–Kier alpha value is -2.13. The van der Waals surface area contributed by atoms with Gasteiger partial charge in [0.15, 0.2) is 0 Å². The average Bonchev–Trinajstić information content (AvgIpc) is 2.33. The fourth-order valence-electron chi connectivity index (χ4n) is 1.57. The third-order valence-corrected chi connectivity index (χ3v) is 2.48. The van der Waals surface area contributed by atoms with Gasteiger partial charge in [0, 0.05) is 19.5 Å². The molecule has 0 aliphatic carbocycles. The molecule has 0 fully saturated rings. The molecule has 0 aliphatic heterocycles. The van der Waals surface area contributed by atoms with Crippen LogP contribution in [0.25, 0.3) is 0 Å². The number of nitro benzene ring substituents is 1. The van der Waals surface area contributed by atoms with Gasteiger partial charge in [-0.15, -0.1) is 0 Å². The quantitative estimate of drug-likeness (QED) is 0.537. The zero-order valence-electron chi connectivity index (χ0n) is 10.3. The first-order valence-corrected chi connectivity index (χ1v) is 5.48. The van der Waals surface area contributed by atoms with Crippen LogP contribution in [0.1, 0.15) is 18.6 Å². The number of hydrogen-bond donors (Lipinski definition) is 3. The molecule has 1 amide bonds. The number of aliphatic hydroxyl groups excluding tert-OH is 2. The normalized spacial score (nSPS) is 13.7. The molecule has 2 atom stereocenters. The van der Waals surface area contributed by atoms with Crippen LogP contribution in [0.4, 0.5) is 14.5 Å². The van der Waals surface area contributed by atoms with E-state index in [4.69, 9.17) is 0 Å². The Morgan fingerprint density at radius 2 is 2.05 bits per heavy atom. The van der Waals surface area contributed by atoms with Gasteiger partial charge >= 0.3 is 5.69 Å². The second-order valence-electron chi connectivity index (χ2n) is 4.03. The molecule has 1 aromatic carbocycles. The van der Waals surface area contributed by atoms with Crippen molar-refractivity contribution in [1.29, 1.82) is 0 Å². The van der Waals surface area contributed by atoms with E-state index < -0.39 is 52.5 Å². The summed E-state index contributed by atoms with van der Waals surface area (Å²) in [6.07, 6.45) is -3.58. The SMILES string of the molecule is CC(=O)NCC(O)C(O)c1cc(F)cc(F)c1[N+](=O)[O-]. The lowest BCUT2D eigenvalue weighted by Crippen LogP contribution is -2.34. The molecule has 2 unspecified atom stereocenters. The molecule has 3 N–H and O–H groups in total. The van der Waals surface area contributed by atoms with Crippen LogP contribution in [-0.2, 0) is 4.79 Å². The maximum Gasteiger partial charge on any atom is 0.310 e. The zero-order chi connectivity index (χ0) is 15.4. The van der Waals surface area contributed by atoms with Gasteiger partial charge in [0.1, 0.15) is 18.0 Å². The summed E-state index contributed by atoms with van der Waals surface area (Å²) in [7, 11) is 0. The number of hydrogen-bond acceptors (Lipinski definition) is 5. The Labute approximate surface area is 112 Å². The summed E-state index contributed by atoms with van der Waals surface area (Å²) in [6.45, 7) is 0.731. The van der Waals surface area contributed by atoms with Gasteiger partial charge in [0.25, 0.3) is 0 Å². The maximum absolute atomic E-state index is 13.4. The Balaban J connectivity index is 3.11. The van der Waals surface area contributed by atoms with E-state index in [1.165, 1.54) is 0 Å². The first-order chi connectivity index (χ1) is 9.23. The van der Waals surface area contributed by atoms with Gasteiger partial charge in [0.2, 0.25) is 11.7 Å². The summed E-state index contributed by atoms with van der Waals surface area (Å²) in [5.41, 5.74) is -1.83. The van der Waals surface area contributed by atoms with Crippen molar-refractivity contribution in [3.8, 4) is 0 Å². The van der Waals surface area contributed by atoms with Crippen LogP contribution in [0.15, 0.2) is 12.1 Å². The molecule has 0 aromatic heterocycles. The lowest BCUT2D eigenvalue weighted by atomic mass is 10.0. The largest absolute Gasteiger partial charge is 0.388 e. The van der Waals surface area contributed by atoms with Crippen molar-refractivity contribution >= 4 is 11.6 Å². The maximum atomic E-state index is 13.4. The fourth-order valence-corrected chi connectivity index (χ4v) is 1.57. The van der Waals surface area contributed by atoms with Crippen LogP contribution in [0, 0.1) is 21.7 Å². The number of carbonyl (C=O) groups is 1. The van der Waals surface area contributed by atoms with Crippen LogP contribution in [0.3, 0.4) is 0 Å². The van der Waals surface area contributed by atoms with Gasteiger partial charge in [0.05, 0.1) is 10.5 Å². The number of amides is 1. The van der Waals surface area contributed by atoms with Gasteiger partial charge in [-0.1, -0.05) is 0 Å². The van der Waals surface area contributed by atoms with Crippen molar-refractivity contribution in [3.63, 3.8) is 0 Å². The molecular weight excluding hydrogens is 278 g/mol. The van der Waals surface area contributed by atoms with Gasteiger partial charge < -0.3 is 15.5 Å². The molecule has 20 heavy (non-hydrogen) atoms. The highest BCUT2D eigenvalue weighted by molar-refractivity contribution is 5.72. The van der Waals surface area contributed by atoms with E-state index in [2.05, 4.69) is 5.32 Å². The van der Waals surface area contributed by atoms with Crippen molar-refractivity contribution in [1.82, 2.24) is 5.32 Å². The summed E-state index contributed by atoms with van der Waals surface area (Å²) < 4.78 is 26.4. The molecule has 0 spiro atoms. The lowest BCUT2D eigenvalue weighted by Gasteiger charge is -2.18. The Bertz CT molecular complexity index is 538. The van der Waals surface area contributed by atoms with Crippen molar-refractivity contribution in [2.75, 3.05) is 6.54 Å². The Morgan fingerprint density at radius 3 is 2.55 bits per heavy atom. The van der Waals surface area contributed by atoms with Gasteiger partial charge in [-0.05, 0) is 6.07 Å². The minimum atomic E-state index is -1.92. The molecule has 1 rings (SSSR count). The highest BCUT2D eigenvalue weighted by Gasteiger charge is 2.30. The van der Waals surface area contributed by atoms with Gasteiger partial charge in [-0.25, -0.2) is 4.39 Å². The van der Waals surface area contributed by atoms with Gasteiger partial charge in [-0.2, -0.15) is 4.39 Å². The predicted molar refractivity (Wildman–Crippen MR) is 62.7 cm³/mol. The molecule has 0 saturated carbocycles. The first kappa shape index (κ1) is 15.9. The topological polar surface area (TPSA) is 113 Å². The number of halogens is 2. The van der Waals surface area contributed by atoms with E-state index in [1.54, 1.807) is 0 Å². The van der Waals surface area contributed by atoms with E-state index in [0.29, 0.717) is 12.1 Å². The number of nitrogens with zero attached hydrogens (tertiary/aromatic N) is 1. The number of aliphatic hydroxyl groups is 2. The molecule has 0 saturated heterocycles. The fraction of sp³-hybridized carbons (Fsp3) is 0.364. The minimum Gasteiger partial charge on any atom is -0.388 e. The molecule has 110 valence electrons. The number of carbonyl (C=O) groups excluding carboxylic acids is 1. The predicted octanol–water partition coefficient (Wildman–Crippen LogP) is 0.403. The van der Waals surface area contributed by atoms with E-state index >= 15 is 0 Å². The first-order valence-electron chi connectivity index (χ1n) is 5.48. The summed E-state index contributed by atoms with van der Waals surface area (Å²) in [5, 5.41) is 32.2. The van der Waals surface area contributed by atoms with Crippen LogP contribution < -0.4 is 5.32 Å². The second kappa shape index (κ2) is 6.35. The molecular formula is C11H12F2N2O5. The van der Waals surface area contributed by atoms with E-state index in [9.17, 15) is 33.9 Å². The summed E-state index contributed by atoms with van der Waals surface area (Å²) in [4.78, 5) is 20.3. The van der Waals surface area contributed by atoms with E-state index in [-0.39, 0.29) is 0 Å². The highest BCUT2D eigenvalue weighted by Crippen LogP contribution is 2.30. The number of nitro groups is 1. The summed E-state index contributed by atoms with van der Waals surface area (Å²) in [6, 6.07) is 0.859. The number of benzene rings is 1. The van der Waals surface area contributed by atoms with Crippen LogP contribution in [-0.4, -0.2) is 33.7 Å². The smallest absolute Gasteiger partial charge is 0.310 e. The van der Waals surface area contributed by atoms with Crippen molar-refractivity contribution in [3.05, 3.63) is 39.4 Å². The summed E-state index contributed by atoms with van der Waals surface area (Å²) in [5.74, 6) is -3.10. The molecule has 0 heterocycles. The molecule has 9 heteroatoms. The number of nitrogens with one attached hydrogen (secondary N) is 1. The van der Waals surface area contributed by atoms with E-state index in [0.717, 1.165) is 6.92 Å². The van der Waals surface area contributed by atoms with Crippen molar-refractivity contribution in [2.24, 2.45) is 0 Å². The third kappa shape index (κ3) is 3.68. The lowest BCUT2D eigenvalue weighted by molar-refractivity contribution is -0.389. The minimum absolute atomic E-state index is 0.300. The van der Waals surface area contributed by atoms with Gasteiger partial charge in [-0.3, -0.25) is 14.9 Å². The summed E-state index contributed by atoms with van der Waals surface area (Å²) >= 11 is 0. The van der Waals surface area contributed by atoms with E-state index in [1.807, 2.05) is 0 Å². The van der Waals surface area contributed by atoms with Crippen LogP contribution in [0.2, 0.25) is 0 Å². The second-order valence-corrected chi connectivity index (χ2v) is 4.03.